The summed E-state index contributed by atoms with van der Waals surface area (Å²) in [4.78, 5) is 0. The van der Waals surface area contributed by atoms with Gasteiger partial charge < -0.3 is 0 Å². The summed E-state index contributed by atoms with van der Waals surface area (Å²) >= 11 is 6.12. The van der Waals surface area contributed by atoms with Gasteiger partial charge in [-0.25, -0.2) is 4.21 Å². The van der Waals surface area contributed by atoms with Crippen molar-refractivity contribution in [3.8, 4) is 0 Å². The van der Waals surface area contributed by atoms with Crippen LogP contribution in [0.2, 0.25) is 5.02 Å². The van der Waals surface area contributed by atoms with Crippen LogP contribution < -0.4 is 4.72 Å². The number of hydrogen-bond acceptors (Lipinski definition) is 2. The maximum atomic E-state index is 12.7. The molecule has 1 aliphatic rings. The number of benzene rings is 1. The molecule has 1 aromatic carbocycles. The number of rotatable bonds is 4. The lowest BCUT2D eigenvalue weighted by Crippen LogP contribution is -2.19. The number of aryl methyl sites for hydroxylation is 1. The third-order valence-corrected chi connectivity index (χ3v) is 5.18. The van der Waals surface area contributed by atoms with Crippen molar-refractivity contribution in [2.45, 2.75) is 51.6 Å². The molecular weight excluding hydrogens is 363 g/mol. The molecule has 1 aliphatic carbocycles. The van der Waals surface area contributed by atoms with Crippen molar-refractivity contribution in [1.29, 1.82) is 0 Å². The second-order valence-corrected chi connectivity index (χ2v) is 7.18. The SMILES string of the molecule is CC.Cc1ccc(Cl)c2c(NS(=O)C3CC3)nn(CC(F)(F)F)c12. The zero-order chi connectivity index (χ0) is 18.1. The molecule has 3 rings (SSSR count). The van der Waals surface area contributed by atoms with Gasteiger partial charge in [0.15, 0.2) is 5.82 Å². The summed E-state index contributed by atoms with van der Waals surface area (Å²) in [7, 11) is -1.36. The van der Waals surface area contributed by atoms with Crippen molar-refractivity contribution < 1.29 is 17.4 Å². The molecule has 1 N–H and O–H groups in total. The van der Waals surface area contributed by atoms with Crippen LogP contribution in [0.25, 0.3) is 10.9 Å². The molecule has 1 unspecified atom stereocenters. The quantitative estimate of drug-likeness (QED) is 0.824. The van der Waals surface area contributed by atoms with Gasteiger partial charge in [0.05, 0.1) is 21.2 Å². The van der Waals surface area contributed by atoms with Gasteiger partial charge in [0, 0.05) is 0 Å². The molecule has 134 valence electrons. The van der Waals surface area contributed by atoms with Crippen molar-refractivity contribution in [2.24, 2.45) is 0 Å². The van der Waals surface area contributed by atoms with Crippen LogP contribution in [0.4, 0.5) is 19.0 Å². The third-order valence-electron chi connectivity index (χ3n) is 3.40. The molecule has 24 heavy (non-hydrogen) atoms. The van der Waals surface area contributed by atoms with Gasteiger partial charge in [0.1, 0.15) is 17.5 Å². The maximum Gasteiger partial charge on any atom is 0.408 e. The van der Waals surface area contributed by atoms with Gasteiger partial charge in [-0.15, -0.1) is 0 Å². The number of nitrogens with zero attached hydrogens (tertiary/aromatic N) is 2. The molecule has 0 bridgehead atoms. The Morgan fingerprint density at radius 1 is 1.38 bits per heavy atom. The van der Waals surface area contributed by atoms with E-state index >= 15 is 0 Å². The van der Waals surface area contributed by atoms with Crippen molar-refractivity contribution >= 4 is 39.3 Å². The fraction of sp³-hybridized carbons (Fsp3) is 0.533. The largest absolute Gasteiger partial charge is 0.408 e. The van der Waals surface area contributed by atoms with Gasteiger partial charge in [-0.05, 0) is 31.4 Å². The Balaban J connectivity index is 0.00000100. The fourth-order valence-electron chi connectivity index (χ4n) is 2.27. The highest BCUT2D eigenvalue weighted by atomic mass is 35.5. The van der Waals surface area contributed by atoms with Crippen molar-refractivity contribution in [3.63, 3.8) is 0 Å². The molecule has 1 saturated carbocycles. The second-order valence-electron chi connectivity index (χ2n) is 5.31. The van der Waals surface area contributed by atoms with Crippen molar-refractivity contribution in [1.82, 2.24) is 9.78 Å². The Morgan fingerprint density at radius 3 is 2.54 bits per heavy atom. The van der Waals surface area contributed by atoms with Crippen molar-refractivity contribution in [3.05, 3.63) is 22.7 Å². The third kappa shape index (κ3) is 4.22. The Kier molecular flexibility index (Phi) is 5.80. The summed E-state index contributed by atoms with van der Waals surface area (Å²) in [5, 5.41) is 4.64. The molecule has 4 nitrogen and oxygen atoms in total. The van der Waals surface area contributed by atoms with E-state index in [-0.39, 0.29) is 16.1 Å². The smallest absolute Gasteiger partial charge is 0.287 e. The summed E-state index contributed by atoms with van der Waals surface area (Å²) in [6.45, 7) is 4.47. The Bertz CT molecular complexity index is 756. The second kappa shape index (κ2) is 7.31. The van der Waals surface area contributed by atoms with E-state index in [0.29, 0.717) is 16.5 Å². The minimum Gasteiger partial charge on any atom is -0.287 e. The van der Waals surface area contributed by atoms with Crippen LogP contribution >= 0.6 is 11.6 Å². The van der Waals surface area contributed by atoms with Gasteiger partial charge in [0.25, 0.3) is 0 Å². The van der Waals surface area contributed by atoms with Crippen LogP contribution in [0, 0.1) is 6.92 Å². The summed E-state index contributed by atoms with van der Waals surface area (Å²) in [5.74, 6) is 0.137. The number of hydrogen-bond donors (Lipinski definition) is 1. The van der Waals surface area contributed by atoms with Gasteiger partial charge >= 0.3 is 6.18 Å². The molecule has 0 radical (unpaired) electrons. The number of nitrogens with one attached hydrogen (secondary N) is 1. The van der Waals surface area contributed by atoms with Crippen LogP contribution in [0.3, 0.4) is 0 Å². The Labute approximate surface area is 145 Å². The monoisotopic (exact) mass is 381 g/mol. The van der Waals surface area contributed by atoms with E-state index in [2.05, 4.69) is 9.82 Å². The number of halogens is 4. The molecule has 0 spiro atoms. The van der Waals surface area contributed by atoms with E-state index < -0.39 is 23.7 Å². The van der Waals surface area contributed by atoms with Gasteiger partial charge in [0.2, 0.25) is 0 Å². The van der Waals surface area contributed by atoms with E-state index in [4.69, 9.17) is 11.6 Å². The fourth-order valence-corrected chi connectivity index (χ4v) is 3.57. The molecule has 1 aromatic heterocycles. The van der Waals surface area contributed by atoms with E-state index in [9.17, 15) is 17.4 Å². The predicted molar refractivity (Wildman–Crippen MR) is 91.7 cm³/mol. The molecule has 0 aliphatic heterocycles. The molecule has 2 aromatic rings. The minimum absolute atomic E-state index is 0.0337. The first-order valence-corrected chi connectivity index (χ1v) is 9.25. The molecule has 0 saturated heterocycles. The van der Waals surface area contributed by atoms with Crippen LogP contribution in [-0.2, 0) is 17.5 Å². The lowest BCUT2D eigenvalue weighted by Gasteiger charge is -2.08. The highest BCUT2D eigenvalue weighted by Gasteiger charge is 2.32. The number of aromatic nitrogens is 2. The van der Waals surface area contributed by atoms with Crippen LogP contribution in [0.15, 0.2) is 12.1 Å². The first-order valence-electron chi connectivity index (χ1n) is 7.66. The van der Waals surface area contributed by atoms with E-state index in [0.717, 1.165) is 17.5 Å². The average Bonchev–Trinajstić information content (AvgIpc) is 3.28. The molecule has 9 heteroatoms. The lowest BCUT2D eigenvalue weighted by atomic mass is 10.1. The summed E-state index contributed by atoms with van der Waals surface area (Å²) < 4.78 is 53.8. The Hall–Kier alpha value is -1.28. The number of alkyl halides is 3. The first kappa shape index (κ1) is 19.1. The van der Waals surface area contributed by atoms with E-state index in [1.807, 2.05) is 13.8 Å². The standard InChI is InChI=1S/C13H13ClF3N3OS.C2H6/c1-7-2-5-9(14)10-11(7)20(6-13(15,16)17)18-12(10)19-22(21)8-3-4-8;1-2/h2,5,8H,3-4,6H2,1H3,(H,18,19);1-2H3. The number of anilines is 1. The highest BCUT2D eigenvalue weighted by molar-refractivity contribution is 7.87. The average molecular weight is 382 g/mol. The van der Waals surface area contributed by atoms with Crippen LogP contribution in [0.1, 0.15) is 32.3 Å². The highest BCUT2D eigenvalue weighted by Crippen LogP contribution is 2.35. The Morgan fingerprint density at radius 2 is 2.00 bits per heavy atom. The van der Waals surface area contributed by atoms with E-state index in [1.54, 1.807) is 19.1 Å². The number of fused-ring (bicyclic) bond motifs is 1. The first-order chi connectivity index (χ1) is 11.3. The normalized spacial score (nSPS) is 15.8. The lowest BCUT2D eigenvalue weighted by molar-refractivity contribution is -0.141. The summed E-state index contributed by atoms with van der Waals surface area (Å²) in [6, 6.07) is 3.24. The molecule has 1 heterocycles. The van der Waals surface area contributed by atoms with Crippen LogP contribution in [0.5, 0.6) is 0 Å². The minimum atomic E-state index is -4.40. The molecular formula is C15H19ClF3N3OS. The van der Waals surface area contributed by atoms with E-state index in [1.165, 1.54) is 0 Å². The molecule has 1 atom stereocenters. The van der Waals surface area contributed by atoms with Gasteiger partial charge in [-0.1, -0.05) is 31.5 Å². The van der Waals surface area contributed by atoms with Crippen LogP contribution in [-0.4, -0.2) is 25.4 Å². The zero-order valence-corrected chi connectivity index (χ0v) is 15.1. The molecule has 0 amide bonds. The van der Waals surface area contributed by atoms with Gasteiger partial charge in [-0.3, -0.25) is 9.40 Å². The summed E-state index contributed by atoms with van der Waals surface area (Å²) in [6.07, 6.45) is -2.72. The topological polar surface area (TPSA) is 46.9 Å². The summed E-state index contributed by atoms with van der Waals surface area (Å²) in [5.41, 5.74) is 0.932. The van der Waals surface area contributed by atoms with Crippen molar-refractivity contribution in [2.75, 3.05) is 4.72 Å². The molecule has 1 fully saturated rings. The predicted octanol–water partition coefficient (Wildman–Crippen LogP) is 4.82. The van der Waals surface area contributed by atoms with Gasteiger partial charge in [-0.2, -0.15) is 18.3 Å². The zero-order valence-electron chi connectivity index (χ0n) is 13.6. The maximum absolute atomic E-state index is 12.7.